The Hall–Kier alpha value is -2.32. The first-order valence-corrected chi connectivity index (χ1v) is 7.62. The van der Waals surface area contributed by atoms with Crippen molar-refractivity contribution in [2.24, 2.45) is 0 Å². The van der Waals surface area contributed by atoms with E-state index in [-0.39, 0.29) is 15.8 Å². The van der Waals surface area contributed by atoms with Crippen LogP contribution >= 0.6 is 23.8 Å². The van der Waals surface area contributed by atoms with Crippen LogP contribution in [0.5, 0.6) is 5.75 Å². The first-order valence-electron chi connectivity index (χ1n) is 6.84. The molecule has 0 aromatic heterocycles. The lowest BCUT2D eigenvalue weighted by Gasteiger charge is -2.13. The van der Waals surface area contributed by atoms with Crippen LogP contribution in [0.1, 0.15) is 15.9 Å². The van der Waals surface area contributed by atoms with Gasteiger partial charge in [-0.1, -0.05) is 17.7 Å². The molecule has 0 saturated heterocycles. The molecule has 9 heteroatoms. The van der Waals surface area contributed by atoms with Gasteiger partial charge in [-0.2, -0.15) is 13.2 Å². The fourth-order valence-electron chi connectivity index (χ4n) is 1.89. The second kappa shape index (κ2) is 7.71. The molecule has 2 aromatic carbocycles. The van der Waals surface area contributed by atoms with Crippen LogP contribution in [0.3, 0.4) is 0 Å². The molecule has 2 aromatic rings. The smallest absolute Gasteiger partial charge is 0.416 e. The fraction of sp³-hybridized carbons (Fsp3) is 0.125. The standard InChI is InChI=1S/C16H12ClF3N2O2S/c1-24-11-4-2-3-9(7-11)14(23)22-15(25)21-13-6-5-10(8-12(13)17)16(18,19)20/h2-8H,1H3,(H2,21,22,23,25). The largest absolute Gasteiger partial charge is 0.497 e. The highest BCUT2D eigenvalue weighted by molar-refractivity contribution is 7.80. The third kappa shape index (κ3) is 5.07. The molecule has 25 heavy (non-hydrogen) atoms. The van der Waals surface area contributed by atoms with Gasteiger partial charge in [0.25, 0.3) is 5.91 Å². The minimum absolute atomic E-state index is 0.102. The van der Waals surface area contributed by atoms with Crippen molar-refractivity contribution >= 4 is 40.5 Å². The zero-order chi connectivity index (χ0) is 18.6. The minimum atomic E-state index is -4.50. The molecule has 1 amide bonds. The number of hydrogen-bond acceptors (Lipinski definition) is 3. The maximum Gasteiger partial charge on any atom is 0.416 e. The average molecular weight is 389 g/mol. The highest BCUT2D eigenvalue weighted by atomic mass is 35.5. The molecule has 2 rings (SSSR count). The van der Waals surface area contributed by atoms with E-state index in [0.717, 1.165) is 18.2 Å². The summed E-state index contributed by atoms with van der Waals surface area (Å²) in [5, 5.41) is 4.72. The van der Waals surface area contributed by atoms with E-state index in [4.69, 9.17) is 28.6 Å². The molecule has 132 valence electrons. The molecule has 0 aliphatic carbocycles. The van der Waals surface area contributed by atoms with Crippen LogP contribution in [0.4, 0.5) is 18.9 Å². The molecule has 0 aliphatic heterocycles. The predicted molar refractivity (Wildman–Crippen MR) is 93.1 cm³/mol. The van der Waals surface area contributed by atoms with E-state index in [2.05, 4.69) is 10.6 Å². The Balaban J connectivity index is 2.06. The molecule has 2 N–H and O–H groups in total. The van der Waals surface area contributed by atoms with Gasteiger partial charge in [-0.05, 0) is 48.6 Å². The maximum atomic E-state index is 12.6. The molecule has 0 aliphatic rings. The summed E-state index contributed by atoms with van der Waals surface area (Å²) in [4.78, 5) is 12.1. The van der Waals surface area contributed by atoms with Crippen LogP contribution in [0.15, 0.2) is 42.5 Å². The Labute approximate surface area is 151 Å². The molecular weight excluding hydrogens is 377 g/mol. The highest BCUT2D eigenvalue weighted by Gasteiger charge is 2.30. The zero-order valence-corrected chi connectivity index (χ0v) is 14.4. The van der Waals surface area contributed by atoms with Gasteiger partial charge in [-0.15, -0.1) is 0 Å². The Bertz CT molecular complexity index is 812. The van der Waals surface area contributed by atoms with Crippen molar-refractivity contribution in [3.8, 4) is 5.75 Å². The van der Waals surface area contributed by atoms with Gasteiger partial charge in [0.2, 0.25) is 0 Å². The monoisotopic (exact) mass is 388 g/mol. The summed E-state index contributed by atoms with van der Waals surface area (Å²) < 4.78 is 42.9. The van der Waals surface area contributed by atoms with Gasteiger partial charge in [0.05, 0.1) is 23.4 Å². The van der Waals surface area contributed by atoms with E-state index >= 15 is 0 Å². The molecule has 0 saturated carbocycles. The third-order valence-corrected chi connectivity index (χ3v) is 3.62. The molecular formula is C16H12ClF3N2O2S. The van der Waals surface area contributed by atoms with Gasteiger partial charge in [-0.3, -0.25) is 10.1 Å². The molecule has 0 bridgehead atoms. The van der Waals surface area contributed by atoms with Crippen LogP contribution in [-0.4, -0.2) is 18.1 Å². The topological polar surface area (TPSA) is 50.4 Å². The lowest BCUT2D eigenvalue weighted by molar-refractivity contribution is -0.137. The average Bonchev–Trinajstić information content (AvgIpc) is 2.55. The van der Waals surface area contributed by atoms with Crippen molar-refractivity contribution in [1.29, 1.82) is 0 Å². The normalized spacial score (nSPS) is 10.9. The molecule has 0 atom stereocenters. The van der Waals surface area contributed by atoms with Crippen molar-refractivity contribution in [1.82, 2.24) is 5.32 Å². The number of carbonyl (C=O) groups is 1. The van der Waals surface area contributed by atoms with E-state index in [1.54, 1.807) is 18.2 Å². The first kappa shape index (κ1) is 19.0. The van der Waals surface area contributed by atoms with Crippen LogP contribution in [0, 0.1) is 0 Å². The number of methoxy groups -OCH3 is 1. The van der Waals surface area contributed by atoms with E-state index < -0.39 is 17.6 Å². The zero-order valence-electron chi connectivity index (χ0n) is 12.8. The minimum Gasteiger partial charge on any atom is -0.497 e. The highest BCUT2D eigenvalue weighted by Crippen LogP contribution is 2.33. The van der Waals surface area contributed by atoms with Gasteiger partial charge in [0, 0.05) is 5.56 Å². The molecule has 0 heterocycles. The Morgan fingerprint density at radius 2 is 1.92 bits per heavy atom. The molecule has 0 fully saturated rings. The third-order valence-electron chi connectivity index (χ3n) is 3.10. The molecule has 0 spiro atoms. The Kier molecular flexibility index (Phi) is 5.86. The summed E-state index contributed by atoms with van der Waals surface area (Å²) in [6, 6.07) is 9.16. The summed E-state index contributed by atoms with van der Waals surface area (Å²) in [5.74, 6) is -0.00301. The number of amides is 1. The number of nitrogens with one attached hydrogen (secondary N) is 2. The number of hydrogen-bond donors (Lipinski definition) is 2. The summed E-state index contributed by atoms with van der Waals surface area (Å²) >= 11 is 10.8. The van der Waals surface area contributed by atoms with E-state index in [9.17, 15) is 18.0 Å². The van der Waals surface area contributed by atoms with E-state index in [0.29, 0.717) is 11.3 Å². The lowest BCUT2D eigenvalue weighted by atomic mass is 10.2. The number of carbonyl (C=O) groups excluding carboxylic acids is 1. The number of rotatable bonds is 3. The van der Waals surface area contributed by atoms with E-state index in [1.807, 2.05) is 0 Å². The number of thiocarbonyl (C=S) groups is 1. The van der Waals surface area contributed by atoms with Crippen molar-refractivity contribution in [2.75, 3.05) is 12.4 Å². The van der Waals surface area contributed by atoms with Crippen LogP contribution in [0.25, 0.3) is 0 Å². The predicted octanol–water partition coefficient (Wildman–Crippen LogP) is 4.49. The van der Waals surface area contributed by atoms with Crippen LogP contribution in [-0.2, 0) is 6.18 Å². The molecule has 4 nitrogen and oxygen atoms in total. The Morgan fingerprint density at radius 1 is 1.20 bits per heavy atom. The van der Waals surface area contributed by atoms with Gasteiger partial charge in [0.15, 0.2) is 5.11 Å². The Morgan fingerprint density at radius 3 is 2.52 bits per heavy atom. The van der Waals surface area contributed by atoms with Crippen LogP contribution in [0.2, 0.25) is 5.02 Å². The molecule has 0 radical (unpaired) electrons. The summed E-state index contributed by atoms with van der Waals surface area (Å²) in [6.07, 6.45) is -4.50. The number of anilines is 1. The van der Waals surface area contributed by atoms with Gasteiger partial charge >= 0.3 is 6.18 Å². The summed E-state index contributed by atoms with van der Waals surface area (Å²) in [5.41, 5.74) is -0.429. The quantitative estimate of drug-likeness (QED) is 0.760. The second-order valence-corrected chi connectivity index (χ2v) is 5.65. The number of ether oxygens (including phenoxy) is 1. The number of halogens is 4. The van der Waals surface area contributed by atoms with Crippen molar-refractivity contribution in [3.63, 3.8) is 0 Å². The summed E-state index contributed by atoms with van der Waals surface area (Å²) in [7, 11) is 1.47. The van der Waals surface area contributed by atoms with Gasteiger partial charge in [0.1, 0.15) is 5.75 Å². The molecule has 0 unspecified atom stereocenters. The lowest BCUT2D eigenvalue weighted by Crippen LogP contribution is -2.34. The summed E-state index contributed by atoms with van der Waals surface area (Å²) in [6.45, 7) is 0. The fourth-order valence-corrected chi connectivity index (χ4v) is 2.32. The first-order chi connectivity index (χ1) is 11.7. The van der Waals surface area contributed by atoms with Crippen molar-refractivity contribution in [3.05, 3.63) is 58.6 Å². The number of benzene rings is 2. The van der Waals surface area contributed by atoms with Crippen LogP contribution < -0.4 is 15.4 Å². The van der Waals surface area contributed by atoms with E-state index in [1.165, 1.54) is 13.2 Å². The second-order valence-electron chi connectivity index (χ2n) is 4.83. The van der Waals surface area contributed by atoms with Crippen molar-refractivity contribution in [2.45, 2.75) is 6.18 Å². The maximum absolute atomic E-state index is 12.6. The van der Waals surface area contributed by atoms with Gasteiger partial charge < -0.3 is 10.1 Å². The SMILES string of the molecule is COc1cccc(C(=O)NC(=S)Nc2ccc(C(F)(F)F)cc2Cl)c1. The van der Waals surface area contributed by atoms with Gasteiger partial charge in [-0.25, -0.2) is 0 Å². The number of alkyl halides is 3. The van der Waals surface area contributed by atoms with Crippen molar-refractivity contribution < 1.29 is 22.7 Å².